The van der Waals surface area contributed by atoms with Gasteiger partial charge in [0.15, 0.2) is 0 Å². The molecule has 0 unspecified atom stereocenters. The van der Waals surface area contributed by atoms with Gasteiger partial charge in [-0.3, -0.25) is 9.59 Å². The maximum Gasteiger partial charge on any atom is 0.243 e. The lowest BCUT2D eigenvalue weighted by molar-refractivity contribution is -0.124. The summed E-state index contributed by atoms with van der Waals surface area (Å²) in [6.07, 6.45) is 0.225. The van der Waals surface area contributed by atoms with Gasteiger partial charge in [-0.15, -0.1) is 12.4 Å². The van der Waals surface area contributed by atoms with Gasteiger partial charge < -0.3 is 16.4 Å². The minimum absolute atomic E-state index is 0. The predicted molar refractivity (Wildman–Crippen MR) is 81.4 cm³/mol. The van der Waals surface area contributed by atoms with Gasteiger partial charge in [-0.25, -0.2) is 0 Å². The first-order valence-electron chi connectivity index (χ1n) is 5.55. The van der Waals surface area contributed by atoms with Crippen LogP contribution in [-0.2, 0) is 9.59 Å². The fraction of sp³-hybridized carbons (Fsp3) is 0.333. The molecule has 0 bridgehead atoms. The van der Waals surface area contributed by atoms with Crippen LogP contribution in [0.5, 0.6) is 0 Å². The third kappa shape index (κ3) is 6.56. The molecule has 0 saturated carbocycles. The molecule has 0 atom stereocenters. The van der Waals surface area contributed by atoms with Crippen molar-refractivity contribution < 1.29 is 9.59 Å². The van der Waals surface area contributed by atoms with Gasteiger partial charge in [0.1, 0.15) is 0 Å². The van der Waals surface area contributed by atoms with Crippen LogP contribution in [0.2, 0.25) is 0 Å². The summed E-state index contributed by atoms with van der Waals surface area (Å²) >= 11 is 3.33. The molecule has 0 radical (unpaired) electrons. The van der Waals surface area contributed by atoms with Crippen molar-refractivity contribution in [2.45, 2.75) is 13.3 Å². The van der Waals surface area contributed by atoms with E-state index in [2.05, 4.69) is 26.6 Å². The van der Waals surface area contributed by atoms with Gasteiger partial charge in [0.05, 0.1) is 6.54 Å². The molecule has 106 valence electrons. The van der Waals surface area contributed by atoms with Crippen molar-refractivity contribution in [3.63, 3.8) is 0 Å². The molecule has 1 aromatic carbocycles. The second-order valence-electron chi connectivity index (χ2n) is 3.82. The number of benzene rings is 1. The van der Waals surface area contributed by atoms with Crippen LogP contribution in [0.15, 0.2) is 22.7 Å². The van der Waals surface area contributed by atoms with Gasteiger partial charge in [0, 0.05) is 23.1 Å². The Morgan fingerprint density at radius 3 is 2.63 bits per heavy atom. The largest absolute Gasteiger partial charge is 0.347 e. The summed E-state index contributed by atoms with van der Waals surface area (Å²) < 4.78 is 0.885. The fourth-order valence-electron chi connectivity index (χ4n) is 1.32. The van der Waals surface area contributed by atoms with Crippen LogP contribution >= 0.6 is 28.3 Å². The van der Waals surface area contributed by atoms with Crippen LogP contribution in [0.25, 0.3) is 0 Å². The molecule has 7 heteroatoms. The van der Waals surface area contributed by atoms with E-state index in [-0.39, 0.29) is 43.7 Å². The molecule has 19 heavy (non-hydrogen) atoms. The van der Waals surface area contributed by atoms with E-state index in [9.17, 15) is 9.59 Å². The van der Waals surface area contributed by atoms with E-state index in [1.165, 1.54) is 0 Å². The Hall–Kier alpha value is -1.11. The molecule has 5 nitrogen and oxygen atoms in total. The third-order valence-electron chi connectivity index (χ3n) is 2.29. The second kappa shape index (κ2) is 8.90. The fourth-order valence-corrected chi connectivity index (χ4v) is 1.68. The summed E-state index contributed by atoms with van der Waals surface area (Å²) in [6.45, 7) is 2.12. The number of hydrogen-bond acceptors (Lipinski definition) is 3. The number of hydrogen-bond donors (Lipinski definition) is 3. The Morgan fingerprint density at radius 1 is 1.32 bits per heavy atom. The lowest BCUT2D eigenvalue weighted by Gasteiger charge is -2.09. The van der Waals surface area contributed by atoms with Gasteiger partial charge in [-0.05, 0) is 24.6 Å². The molecule has 0 aliphatic heterocycles. The summed E-state index contributed by atoms with van der Waals surface area (Å²) in [5, 5.41) is 5.23. The summed E-state index contributed by atoms with van der Waals surface area (Å²) in [4.78, 5) is 22.8. The number of rotatable bonds is 5. The molecular weight excluding hydrogens is 334 g/mol. The molecule has 0 heterocycles. The van der Waals surface area contributed by atoms with Gasteiger partial charge in [-0.1, -0.05) is 22.0 Å². The minimum Gasteiger partial charge on any atom is -0.347 e. The molecule has 0 aliphatic rings. The summed E-state index contributed by atoms with van der Waals surface area (Å²) in [5.74, 6) is -0.486. The van der Waals surface area contributed by atoms with Crippen molar-refractivity contribution in [3.05, 3.63) is 28.2 Å². The highest BCUT2D eigenvalue weighted by Crippen LogP contribution is 2.20. The number of aryl methyl sites for hydroxylation is 1. The van der Waals surface area contributed by atoms with Gasteiger partial charge in [-0.2, -0.15) is 0 Å². The molecule has 2 amide bonds. The molecular formula is C12H17BrClN3O2. The Kier molecular flexibility index (Phi) is 8.38. The van der Waals surface area contributed by atoms with E-state index in [1.54, 1.807) is 0 Å². The molecule has 0 saturated heterocycles. The van der Waals surface area contributed by atoms with E-state index in [0.29, 0.717) is 0 Å². The predicted octanol–water partition coefficient (Wildman–Crippen LogP) is 1.58. The van der Waals surface area contributed by atoms with E-state index < -0.39 is 0 Å². The Balaban J connectivity index is 0.00000324. The van der Waals surface area contributed by atoms with Crippen LogP contribution in [-0.4, -0.2) is 24.9 Å². The monoisotopic (exact) mass is 349 g/mol. The topological polar surface area (TPSA) is 84.2 Å². The van der Waals surface area contributed by atoms with E-state index >= 15 is 0 Å². The number of carbonyl (C=O) groups excluding carboxylic acids is 2. The highest BCUT2D eigenvalue weighted by atomic mass is 79.9. The smallest absolute Gasteiger partial charge is 0.243 e. The Labute approximate surface area is 126 Å². The zero-order valence-electron chi connectivity index (χ0n) is 10.5. The summed E-state index contributed by atoms with van der Waals surface area (Å²) in [7, 11) is 0. The molecule has 0 fully saturated rings. The highest BCUT2D eigenvalue weighted by molar-refractivity contribution is 9.10. The lowest BCUT2D eigenvalue weighted by Crippen LogP contribution is -2.33. The number of halogens is 2. The highest BCUT2D eigenvalue weighted by Gasteiger charge is 2.07. The normalized spacial score (nSPS) is 9.42. The quantitative estimate of drug-likeness (QED) is 0.754. The summed E-state index contributed by atoms with van der Waals surface area (Å²) in [6, 6.07) is 5.61. The van der Waals surface area contributed by atoms with Gasteiger partial charge in [0.25, 0.3) is 0 Å². The van der Waals surface area contributed by atoms with Crippen molar-refractivity contribution in [2.75, 3.05) is 18.4 Å². The number of anilines is 1. The second-order valence-corrected chi connectivity index (χ2v) is 4.74. The van der Waals surface area contributed by atoms with Crippen LogP contribution in [0.3, 0.4) is 0 Å². The molecule has 0 aromatic heterocycles. The third-order valence-corrected chi connectivity index (χ3v) is 2.78. The first-order valence-corrected chi connectivity index (χ1v) is 6.35. The number of carbonyl (C=O) groups is 2. The zero-order chi connectivity index (χ0) is 13.5. The van der Waals surface area contributed by atoms with E-state index in [0.717, 1.165) is 15.7 Å². The van der Waals surface area contributed by atoms with Crippen molar-refractivity contribution in [2.24, 2.45) is 5.73 Å². The molecule has 1 rings (SSSR count). The first-order chi connectivity index (χ1) is 8.52. The lowest BCUT2D eigenvalue weighted by atomic mass is 10.2. The number of nitrogens with one attached hydrogen (secondary N) is 2. The van der Waals surface area contributed by atoms with Gasteiger partial charge >= 0.3 is 0 Å². The minimum atomic E-state index is -0.262. The molecule has 0 aliphatic carbocycles. The average molecular weight is 351 g/mol. The van der Waals surface area contributed by atoms with Gasteiger partial charge in [0.2, 0.25) is 11.8 Å². The maximum absolute atomic E-state index is 11.6. The van der Waals surface area contributed by atoms with E-state index in [1.807, 2.05) is 25.1 Å². The molecule has 0 spiro atoms. The van der Waals surface area contributed by atoms with Crippen molar-refractivity contribution >= 4 is 45.8 Å². The standard InChI is InChI=1S/C12H16BrN3O2.ClH/c1-8-2-3-9(13)6-10(8)16-12(18)7-15-11(17)4-5-14;/h2-3,6H,4-5,7,14H2,1H3,(H,15,17)(H,16,18);1H. The maximum atomic E-state index is 11.6. The van der Waals surface area contributed by atoms with E-state index in [4.69, 9.17) is 5.73 Å². The van der Waals surface area contributed by atoms with Crippen LogP contribution in [0.1, 0.15) is 12.0 Å². The average Bonchev–Trinajstić information content (AvgIpc) is 2.32. The Morgan fingerprint density at radius 2 is 2.00 bits per heavy atom. The van der Waals surface area contributed by atoms with Crippen molar-refractivity contribution in [1.82, 2.24) is 5.32 Å². The molecule has 1 aromatic rings. The summed E-state index contributed by atoms with van der Waals surface area (Å²) in [5.41, 5.74) is 6.91. The SMILES string of the molecule is Cc1ccc(Br)cc1NC(=O)CNC(=O)CCN.Cl. The van der Waals surface area contributed by atoms with Crippen LogP contribution in [0.4, 0.5) is 5.69 Å². The first kappa shape index (κ1) is 17.9. The molecule has 4 N–H and O–H groups in total. The van der Waals surface area contributed by atoms with Crippen molar-refractivity contribution in [1.29, 1.82) is 0 Å². The number of amides is 2. The van der Waals surface area contributed by atoms with Crippen molar-refractivity contribution in [3.8, 4) is 0 Å². The van der Waals surface area contributed by atoms with Crippen LogP contribution < -0.4 is 16.4 Å². The number of nitrogens with two attached hydrogens (primary N) is 1. The Bertz CT molecular complexity index is 455. The zero-order valence-corrected chi connectivity index (χ0v) is 12.9. The van der Waals surface area contributed by atoms with Crippen LogP contribution in [0, 0.1) is 6.92 Å².